The van der Waals surface area contributed by atoms with E-state index >= 15 is 0 Å². The molecule has 0 spiro atoms. The maximum atomic E-state index is 13.6. The van der Waals surface area contributed by atoms with Gasteiger partial charge in [0.1, 0.15) is 24.0 Å². The van der Waals surface area contributed by atoms with Gasteiger partial charge < -0.3 is 15.2 Å². The minimum absolute atomic E-state index is 0.0122. The zero-order valence-corrected chi connectivity index (χ0v) is 14.9. The van der Waals surface area contributed by atoms with Crippen LogP contribution in [-0.4, -0.2) is 17.0 Å². The third kappa shape index (κ3) is 5.13. The number of carbonyl (C=O) groups excluding carboxylic acids is 1. The van der Waals surface area contributed by atoms with Crippen molar-refractivity contribution < 1.29 is 28.2 Å². The zero-order valence-electron chi connectivity index (χ0n) is 14.9. The van der Waals surface area contributed by atoms with Crippen LogP contribution in [0.3, 0.4) is 0 Å². The summed E-state index contributed by atoms with van der Waals surface area (Å²) in [5, 5.41) is 11.6. The van der Waals surface area contributed by atoms with E-state index in [1.165, 1.54) is 25.1 Å². The highest BCUT2D eigenvalue weighted by Gasteiger charge is 2.15. The smallest absolute Gasteiger partial charge is 0.331 e. The quantitative estimate of drug-likeness (QED) is 0.708. The van der Waals surface area contributed by atoms with Crippen molar-refractivity contribution in [3.8, 4) is 5.75 Å². The number of carbonyl (C=O) groups is 2. The number of ether oxygens (including phenoxy) is 1. The molecule has 2 aromatic rings. The Morgan fingerprint density at radius 1 is 1.07 bits per heavy atom. The number of carboxylic acids is 1. The Kier molecular flexibility index (Phi) is 6.65. The summed E-state index contributed by atoms with van der Waals surface area (Å²) in [6, 6.07) is 9.75. The molecule has 0 aliphatic heterocycles. The van der Waals surface area contributed by atoms with Gasteiger partial charge >= 0.3 is 5.97 Å². The van der Waals surface area contributed by atoms with Gasteiger partial charge in [-0.3, -0.25) is 4.79 Å². The van der Waals surface area contributed by atoms with Crippen LogP contribution in [0.25, 0.3) is 0 Å². The van der Waals surface area contributed by atoms with Crippen molar-refractivity contribution >= 4 is 17.6 Å². The van der Waals surface area contributed by atoms with Crippen LogP contribution in [0.4, 0.5) is 14.5 Å². The van der Waals surface area contributed by atoms with E-state index in [-0.39, 0.29) is 29.7 Å². The fraction of sp³-hybridized carbons (Fsp3) is 0.200. The average Bonchev–Trinajstić information content (AvgIpc) is 2.63. The minimum Gasteiger partial charge on any atom is -0.489 e. The molecular weight excluding hydrogens is 356 g/mol. The summed E-state index contributed by atoms with van der Waals surface area (Å²) in [7, 11) is 0. The van der Waals surface area contributed by atoms with E-state index < -0.39 is 23.5 Å². The van der Waals surface area contributed by atoms with E-state index in [1.54, 1.807) is 19.1 Å². The predicted molar refractivity (Wildman–Crippen MR) is 96.4 cm³/mol. The molecule has 0 aliphatic carbocycles. The normalized spacial score (nSPS) is 11.6. The number of hydrogen-bond donors (Lipinski definition) is 2. The summed E-state index contributed by atoms with van der Waals surface area (Å²) >= 11 is 0. The highest BCUT2D eigenvalue weighted by molar-refractivity contribution is 6.08. The van der Waals surface area contributed by atoms with Crippen LogP contribution < -0.4 is 10.1 Å². The minimum atomic E-state index is -1.15. The second kappa shape index (κ2) is 8.93. The molecule has 0 radical (unpaired) electrons. The second-order valence-corrected chi connectivity index (χ2v) is 5.73. The molecule has 0 unspecified atom stereocenters. The summed E-state index contributed by atoms with van der Waals surface area (Å²) < 4.78 is 32.5. The topological polar surface area (TPSA) is 75.6 Å². The maximum Gasteiger partial charge on any atom is 0.331 e. The number of nitrogens with one attached hydrogen (secondary N) is 1. The van der Waals surface area contributed by atoms with Gasteiger partial charge in [0.05, 0.1) is 5.56 Å². The molecule has 27 heavy (non-hydrogen) atoms. The molecule has 1 amide bonds. The Morgan fingerprint density at radius 3 is 2.19 bits per heavy atom. The Labute approximate surface area is 155 Å². The lowest BCUT2D eigenvalue weighted by molar-refractivity contribution is -0.133. The van der Waals surface area contributed by atoms with Crippen molar-refractivity contribution in [2.75, 3.05) is 5.32 Å². The van der Waals surface area contributed by atoms with Gasteiger partial charge in [-0.2, -0.15) is 0 Å². The average molecular weight is 375 g/mol. The van der Waals surface area contributed by atoms with Crippen molar-refractivity contribution in [1.29, 1.82) is 0 Å². The first-order valence-corrected chi connectivity index (χ1v) is 8.23. The van der Waals surface area contributed by atoms with Crippen LogP contribution in [0.5, 0.6) is 5.75 Å². The lowest BCUT2D eigenvalue weighted by Crippen LogP contribution is -2.17. The Morgan fingerprint density at radius 2 is 1.67 bits per heavy atom. The maximum absolute atomic E-state index is 13.6. The van der Waals surface area contributed by atoms with Gasteiger partial charge in [0.2, 0.25) is 0 Å². The summed E-state index contributed by atoms with van der Waals surface area (Å²) in [4.78, 5) is 23.2. The molecule has 2 aromatic carbocycles. The van der Waals surface area contributed by atoms with Gasteiger partial charge in [0.25, 0.3) is 5.91 Å². The third-order valence-electron chi connectivity index (χ3n) is 3.96. The Bertz CT molecular complexity index is 856. The van der Waals surface area contributed by atoms with E-state index in [0.29, 0.717) is 11.4 Å². The monoisotopic (exact) mass is 375 g/mol. The van der Waals surface area contributed by atoms with Crippen molar-refractivity contribution in [1.82, 2.24) is 0 Å². The Hall–Kier alpha value is -3.22. The number of carboxylic acid groups (broad SMARTS) is 1. The number of halogens is 2. The lowest BCUT2D eigenvalue weighted by Gasteiger charge is -2.11. The first kappa shape index (κ1) is 20.1. The summed E-state index contributed by atoms with van der Waals surface area (Å²) in [6.07, 6.45) is 0.277. The van der Waals surface area contributed by atoms with E-state index in [9.17, 15) is 18.4 Å². The van der Waals surface area contributed by atoms with Crippen molar-refractivity contribution in [3.63, 3.8) is 0 Å². The van der Waals surface area contributed by atoms with Crippen LogP contribution in [0.2, 0.25) is 0 Å². The molecule has 0 aliphatic rings. The number of amides is 1. The highest BCUT2D eigenvalue weighted by atomic mass is 19.1. The largest absolute Gasteiger partial charge is 0.489 e. The van der Waals surface area contributed by atoms with Gasteiger partial charge in [0.15, 0.2) is 0 Å². The molecule has 0 aromatic heterocycles. The first-order valence-electron chi connectivity index (χ1n) is 8.23. The highest BCUT2D eigenvalue weighted by Crippen LogP contribution is 2.20. The van der Waals surface area contributed by atoms with Crippen LogP contribution >= 0.6 is 0 Å². The van der Waals surface area contributed by atoms with Gasteiger partial charge in [0, 0.05) is 16.8 Å². The molecule has 142 valence electrons. The Balaban J connectivity index is 2.04. The summed E-state index contributed by atoms with van der Waals surface area (Å²) in [5.41, 5.74) is 0.435. The molecular formula is C20H19F2NO4. The number of hydrogen-bond acceptors (Lipinski definition) is 3. The molecule has 0 heterocycles. The zero-order chi connectivity index (χ0) is 20.0. The molecule has 0 bridgehead atoms. The van der Waals surface area contributed by atoms with Crippen molar-refractivity contribution in [2.24, 2.45) is 0 Å². The molecule has 2 N–H and O–H groups in total. The summed E-state index contributed by atoms with van der Waals surface area (Å²) in [6.45, 7) is 2.80. The second-order valence-electron chi connectivity index (χ2n) is 5.73. The fourth-order valence-electron chi connectivity index (χ4n) is 2.39. The summed E-state index contributed by atoms with van der Waals surface area (Å²) in [5.74, 6) is -2.66. The van der Waals surface area contributed by atoms with E-state index in [4.69, 9.17) is 9.84 Å². The number of rotatable bonds is 7. The molecule has 2 rings (SSSR count). The van der Waals surface area contributed by atoms with Crippen LogP contribution in [0.15, 0.2) is 53.6 Å². The molecule has 0 fully saturated rings. The van der Waals surface area contributed by atoms with E-state index in [0.717, 1.165) is 12.1 Å². The molecule has 5 nitrogen and oxygen atoms in total. The van der Waals surface area contributed by atoms with E-state index in [2.05, 4.69) is 5.32 Å². The lowest BCUT2D eigenvalue weighted by atomic mass is 10.1. The number of anilines is 1. The van der Waals surface area contributed by atoms with Gasteiger partial charge in [-0.25, -0.2) is 13.6 Å². The van der Waals surface area contributed by atoms with Gasteiger partial charge in [-0.05, 0) is 49.7 Å². The molecule has 0 atom stereocenters. The SMILES string of the molecule is CC/C(C(=O)Nc1ccc(OCc2c(F)cccc2F)cc1)=C(\C)C(=O)O. The predicted octanol–water partition coefficient (Wildman–Crippen LogP) is 4.29. The van der Waals surface area contributed by atoms with E-state index in [1.807, 2.05) is 0 Å². The number of aliphatic carboxylic acids is 1. The fourth-order valence-corrected chi connectivity index (χ4v) is 2.39. The van der Waals surface area contributed by atoms with Crippen molar-refractivity contribution in [2.45, 2.75) is 26.9 Å². The molecule has 0 saturated carbocycles. The van der Waals surface area contributed by atoms with Crippen LogP contribution in [-0.2, 0) is 16.2 Å². The standard InChI is InChI=1S/C20H19F2NO4/c1-3-15(12(2)20(25)26)19(24)23-13-7-9-14(10-8-13)27-11-16-17(21)5-4-6-18(16)22/h4-10H,3,11H2,1-2H3,(H,23,24)(H,25,26)/b15-12-. The van der Waals surface area contributed by atoms with Crippen molar-refractivity contribution in [3.05, 3.63) is 70.8 Å². The van der Waals surface area contributed by atoms with Gasteiger partial charge in [-0.1, -0.05) is 13.0 Å². The molecule has 7 heteroatoms. The van der Waals surface area contributed by atoms with Crippen LogP contribution in [0, 0.1) is 11.6 Å². The van der Waals surface area contributed by atoms with Gasteiger partial charge in [-0.15, -0.1) is 0 Å². The third-order valence-corrected chi connectivity index (χ3v) is 3.96. The van der Waals surface area contributed by atoms with Crippen LogP contribution in [0.1, 0.15) is 25.8 Å². The first-order chi connectivity index (χ1) is 12.8. The number of benzene rings is 2. The molecule has 0 saturated heterocycles.